The zero-order valence-electron chi connectivity index (χ0n) is 2.62. The van der Waals surface area contributed by atoms with Crippen molar-refractivity contribution in [3.05, 3.63) is 0 Å². The molecular formula is BCoMgNa. The summed E-state index contributed by atoms with van der Waals surface area (Å²) in [6.07, 6.45) is 0. The van der Waals surface area contributed by atoms with Crippen LogP contribution in [0.15, 0.2) is 0 Å². The molecule has 0 nitrogen and oxygen atoms in total. The Bertz CT molecular complexity index is 8.00. The second kappa shape index (κ2) is 18.4. The maximum atomic E-state index is 0. The molecule has 0 aliphatic rings. The van der Waals surface area contributed by atoms with Gasteiger partial charge >= 0.3 is 0 Å². The molecule has 0 aliphatic heterocycles. The van der Waals surface area contributed by atoms with E-state index in [1.165, 1.54) is 0 Å². The van der Waals surface area contributed by atoms with E-state index in [0.717, 1.165) is 0 Å². The Hall–Kier alpha value is 2.34. The van der Waals surface area contributed by atoms with Crippen molar-refractivity contribution in [2.75, 3.05) is 0 Å². The van der Waals surface area contributed by atoms with Gasteiger partial charge in [-0.1, -0.05) is 0 Å². The van der Waals surface area contributed by atoms with Gasteiger partial charge in [0.25, 0.3) is 0 Å². The number of rotatable bonds is 0. The van der Waals surface area contributed by atoms with Gasteiger partial charge in [-0.05, 0) is 0 Å². The molecule has 0 unspecified atom stereocenters. The van der Waals surface area contributed by atoms with Crippen LogP contribution in [0.5, 0.6) is 0 Å². The Morgan fingerprint density at radius 1 is 1.00 bits per heavy atom. The van der Waals surface area contributed by atoms with E-state index in [9.17, 15) is 0 Å². The van der Waals surface area contributed by atoms with Crippen molar-refractivity contribution >= 4 is 61.0 Å². The SMILES string of the molecule is [B].[Co].[Mg].[Na]. The van der Waals surface area contributed by atoms with E-state index in [1.54, 1.807) is 0 Å². The minimum atomic E-state index is 0. The van der Waals surface area contributed by atoms with E-state index < -0.39 is 0 Å². The summed E-state index contributed by atoms with van der Waals surface area (Å²) < 4.78 is 0. The van der Waals surface area contributed by atoms with Crippen molar-refractivity contribution in [1.29, 1.82) is 0 Å². The predicted molar refractivity (Wildman–Crippen MR) is 17.3 cm³/mol. The van der Waals surface area contributed by atoms with Crippen molar-refractivity contribution in [2.24, 2.45) is 0 Å². The second-order valence-electron chi connectivity index (χ2n) is 0. The quantitative estimate of drug-likeness (QED) is 0.352. The minimum absolute atomic E-state index is 0. The Labute approximate surface area is 76.7 Å². The van der Waals surface area contributed by atoms with E-state index in [4.69, 9.17) is 0 Å². The summed E-state index contributed by atoms with van der Waals surface area (Å²) in [6.45, 7) is 0. The van der Waals surface area contributed by atoms with Gasteiger partial charge in [-0.15, -0.1) is 0 Å². The van der Waals surface area contributed by atoms with Crippen LogP contribution >= 0.6 is 0 Å². The van der Waals surface area contributed by atoms with E-state index in [-0.39, 0.29) is 77.8 Å². The zero-order valence-corrected chi connectivity index (χ0v) is 7.07. The van der Waals surface area contributed by atoms with E-state index in [0.29, 0.717) is 0 Å². The van der Waals surface area contributed by atoms with Crippen molar-refractivity contribution in [1.82, 2.24) is 0 Å². The smallest absolute Gasteiger partial charge is 0 e. The molecule has 0 heterocycles. The Morgan fingerprint density at radius 3 is 1.00 bits per heavy atom. The van der Waals surface area contributed by atoms with E-state index in [2.05, 4.69) is 0 Å². The summed E-state index contributed by atoms with van der Waals surface area (Å²) in [5.41, 5.74) is 0. The van der Waals surface area contributed by atoms with Gasteiger partial charge in [0, 0.05) is 77.8 Å². The molecule has 0 N–H and O–H groups in total. The Balaban J connectivity index is 0. The van der Waals surface area contributed by atoms with Crippen molar-refractivity contribution in [3.63, 3.8) is 0 Å². The van der Waals surface area contributed by atoms with Gasteiger partial charge in [0.15, 0.2) is 0 Å². The first-order chi connectivity index (χ1) is 0. The van der Waals surface area contributed by atoms with Crippen LogP contribution in [0.4, 0.5) is 0 Å². The first kappa shape index (κ1) is 33.0. The summed E-state index contributed by atoms with van der Waals surface area (Å²) in [5.74, 6) is 0. The van der Waals surface area contributed by atoms with Crippen LogP contribution in [0.25, 0.3) is 0 Å². The summed E-state index contributed by atoms with van der Waals surface area (Å²) in [5, 5.41) is 0. The fourth-order valence-corrected chi connectivity index (χ4v) is 0. The van der Waals surface area contributed by atoms with Crippen LogP contribution in [0.3, 0.4) is 0 Å². The molecule has 0 aromatic rings. The van der Waals surface area contributed by atoms with Crippen molar-refractivity contribution in [3.8, 4) is 0 Å². The van der Waals surface area contributed by atoms with Crippen LogP contribution < -0.4 is 0 Å². The third kappa shape index (κ3) is 8.84. The monoisotopic (exact) mass is 117 g/mol. The molecule has 15 valence electrons. The van der Waals surface area contributed by atoms with Gasteiger partial charge in [0.1, 0.15) is 0 Å². The molecule has 0 fully saturated rings. The molecular weight excluding hydrogens is 117 g/mol. The summed E-state index contributed by atoms with van der Waals surface area (Å²) >= 11 is 0. The van der Waals surface area contributed by atoms with Crippen molar-refractivity contribution in [2.45, 2.75) is 0 Å². The molecule has 0 atom stereocenters. The molecule has 0 aromatic carbocycles. The van der Waals surface area contributed by atoms with E-state index >= 15 is 0 Å². The van der Waals surface area contributed by atoms with E-state index in [1.807, 2.05) is 0 Å². The summed E-state index contributed by atoms with van der Waals surface area (Å²) in [7, 11) is 0. The molecule has 0 rings (SSSR count). The van der Waals surface area contributed by atoms with Gasteiger partial charge < -0.3 is 0 Å². The van der Waals surface area contributed by atoms with Gasteiger partial charge in [-0.2, -0.15) is 0 Å². The normalized spacial score (nSPS) is 0. The average Bonchev–Trinajstić information content (AvgIpc) is 0. The first-order valence-corrected chi connectivity index (χ1v) is 0. The largest absolute Gasteiger partial charge is 0 e. The molecule has 0 aromatic heterocycles. The fourth-order valence-electron chi connectivity index (χ4n) is 0. The first-order valence-electron chi connectivity index (χ1n) is 0. The number of hydrogen-bond acceptors (Lipinski definition) is 0. The summed E-state index contributed by atoms with van der Waals surface area (Å²) in [6, 6.07) is 0. The van der Waals surface area contributed by atoms with Crippen molar-refractivity contribution < 1.29 is 16.8 Å². The molecule has 0 bridgehead atoms. The van der Waals surface area contributed by atoms with Crippen LogP contribution in [-0.2, 0) is 16.8 Å². The van der Waals surface area contributed by atoms with Crippen LogP contribution in [0.2, 0.25) is 0 Å². The maximum Gasteiger partial charge on any atom is 0 e. The van der Waals surface area contributed by atoms with Crippen LogP contribution in [0, 0.1) is 0 Å². The standard InChI is InChI=1S/B.Co.Mg.Na. The molecule has 0 saturated carbocycles. The molecule has 4 heteroatoms. The number of hydrogen-bond donors (Lipinski definition) is 0. The van der Waals surface area contributed by atoms with Gasteiger partial charge in [0.05, 0.1) is 0 Å². The minimum Gasteiger partial charge on any atom is 0 e. The topological polar surface area (TPSA) is 0 Å². The van der Waals surface area contributed by atoms with Gasteiger partial charge in [-0.25, -0.2) is 0 Å². The molecule has 0 spiro atoms. The van der Waals surface area contributed by atoms with Crippen LogP contribution in [0.1, 0.15) is 0 Å². The fraction of sp³-hybridized carbons (Fsp3) is 0. The molecule has 7 radical (unpaired) electrons. The third-order valence-corrected chi connectivity index (χ3v) is 0. The zero-order chi connectivity index (χ0) is 0. The molecule has 0 saturated heterocycles. The third-order valence-electron chi connectivity index (χ3n) is 0. The van der Waals surface area contributed by atoms with Crippen LogP contribution in [-0.4, -0.2) is 61.0 Å². The second-order valence-corrected chi connectivity index (χ2v) is 0. The average molecular weight is 117 g/mol. The van der Waals surface area contributed by atoms with Gasteiger partial charge in [-0.3, -0.25) is 0 Å². The summed E-state index contributed by atoms with van der Waals surface area (Å²) in [4.78, 5) is 0. The predicted octanol–water partition coefficient (Wildman–Crippen LogP) is -1.14. The molecule has 0 amide bonds. The Kier molecular flexibility index (Phi) is 152. The van der Waals surface area contributed by atoms with Gasteiger partial charge in [0.2, 0.25) is 0 Å². The molecule has 4 heavy (non-hydrogen) atoms. The molecule has 0 aliphatic carbocycles. The Morgan fingerprint density at radius 2 is 1.00 bits per heavy atom. The maximum absolute atomic E-state index is 0.